The second-order valence-electron chi connectivity index (χ2n) is 11.5. The number of anilines is 2. The molecule has 37 heavy (non-hydrogen) atoms. The van der Waals surface area contributed by atoms with Gasteiger partial charge in [0.1, 0.15) is 12.5 Å². The molecule has 4 heteroatoms. The summed E-state index contributed by atoms with van der Waals surface area (Å²) >= 11 is 3.64. The molecule has 1 saturated carbocycles. The van der Waals surface area contributed by atoms with Crippen LogP contribution < -0.4 is 9.80 Å². The number of nitrogens with zero attached hydrogens (tertiary/aromatic N) is 2. The van der Waals surface area contributed by atoms with Crippen LogP contribution in [0.3, 0.4) is 0 Å². The van der Waals surface area contributed by atoms with Crippen molar-refractivity contribution in [1.29, 1.82) is 0 Å². The van der Waals surface area contributed by atoms with Gasteiger partial charge < -0.3 is 14.6 Å². The van der Waals surface area contributed by atoms with Crippen molar-refractivity contribution in [1.82, 2.24) is 0 Å². The van der Waals surface area contributed by atoms with E-state index in [0.717, 1.165) is 23.9 Å². The Labute approximate surface area is 228 Å². The van der Waals surface area contributed by atoms with Gasteiger partial charge in [0.15, 0.2) is 0 Å². The van der Waals surface area contributed by atoms with Crippen LogP contribution in [0, 0.1) is 17.3 Å². The lowest BCUT2D eigenvalue weighted by molar-refractivity contribution is -0.115. The highest BCUT2D eigenvalue weighted by Crippen LogP contribution is 2.51. The minimum absolute atomic E-state index is 0.0131. The average Bonchev–Trinajstić information content (AvgIpc) is 2.92. The van der Waals surface area contributed by atoms with Crippen molar-refractivity contribution >= 4 is 44.4 Å². The Kier molecular flexibility index (Phi) is 6.32. The van der Waals surface area contributed by atoms with Crippen molar-refractivity contribution < 1.29 is 4.79 Å². The third-order valence-electron chi connectivity index (χ3n) is 8.38. The predicted octanol–water partition coefficient (Wildman–Crippen LogP) is 8.25. The van der Waals surface area contributed by atoms with Gasteiger partial charge in [0, 0.05) is 40.3 Å². The zero-order chi connectivity index (χ0) is 25.6. The molecule has 6 rings (SSSR count). The molecule has 2 aliphatic rings. The number of carbonyl (C=O) groups is 1. The van der Waals surface area contributed by atoms with E-state index in [1.165, 1.54) is 34.0 Å². The Morgan fingerprint density at radius 3 is 2.24 bits per heavy atom. The van der Waals surface area contributed by atoms with E-state index in [1.807, 2.05) is 0 Å². The van der Waals surface area contributed by atoms with Gasteiger partial charge in [-0.05, 0) is 71.0 Å². The molecule has 2 fully saturated rings. The Bertz CT molecular complexity index is 1400. The Morgan fingerprint density at radius 2 is 1.51 bits per heavy atom. The van der Waals surface area contributed by atoms with Crippen LogP contribution in [0.4, 0.5) is 11.4 Å². The summed E-state index contributed by atoms with van der Waals surface area (Å²) in [5.41, 5.74) is 3.76. The Balaban J connectivity index is 1.56. The predicted molar refractivity (Wildman–Crippen MR) is 157 cm³/mol. The van der Waals surface area contributed by atoms with Crippen LogP contribution in [0.2, 0.25) is 0 Å². The number of fused-ring (bicyclic) bond motifs is 2. The third-order valence-corrected chi connectivity index (χ3v) is 8.91. The summed E-state index contributed by atoms with van der Waals surface area (Å²) in [5, 5.41) is 2.48. The summed E-state index contributed by atoms with van der Waals surface area (Å²) in [7, 11) is 0. The maximum absolute atomic E-state index is 12.5. The number of carbonyl (C=O) groups excluding carboxylic acids is 1. The first-order valence-electron chi connectivity index (χ1n) is 13.2. The monoisotopic (exact) mass is 552 g/mol. The van der Waals surface area contributed by atoms with Crippen molar-refractivity contribution in [3.8, 4) is 0 Å². The minimum atomic E-state index is 0.0131. The molecule has 0 aromatic heterocycles. The molecule has 4 unspecified atom stereocenters. The highest BCUT2D eigenvalue weighted by atomic mass is 79.9. The fourth-order valence-electron chi connectivity index (χ4n) is 6.76. The summed E-state index contributed by atoms with van der Waals surface area (Å²) in [6.45, 7) is 5.51. The van der Waals surface area contributed by atoms with Crippen molar-refractivity contribution in [3.63, 3.8) is 0 Å². The van der Waals surface area contributed by atoms with Crippen LogP contribution in [0.1, 0.15) is 38.4 Å². The van der Waals surface area contributed by atoms with Gasteiger partial charge in [-0.2, -0.15) is 0 Å². The minimum Gasteiger partial charge on any atom is -0.347 e. The molecule has 4 atom stereocenters. The molecule has 188 valence electrons. The van der Waals surface area contributed by atoms with E-state index in [1.54, 1.807) is 0 Å². The molecule has 3 nitrogen and oxygen atoms in total. The van der Waals surface area contributed by atoms with E-state index in [-0.39, 0.29) is 29.5 Å². The largest absolute Gasteiger partial charge is 0.347 e. The van der Waals surface area contributed by atoms with Gasteiger partial charge in [0.2, 0.25) is 0 Å². The molecule has 1 aliphatic heterocycles. The van der Waals surface area contributed by atoms with Crippen LogP contribution in [0.5, 0.6) is 0 Å². The third kappa shape index (κ3) is 4.57. The fourth-order valence-corrected chi connectivity index (χ4v) is 7.02. The van der Waals surface area contributed by atoms with Gasteiger partial charge in [-0.25, -0.2) is 0 Å². The summed E-state index contributed by atoms with van der Waals surface area (Å²) < 4.78 is 1.08. The summed E-state index contributed by atoms with van der Waals surface area (Å²) in [5.74, 6) is 0.290. The Morgan fingerprint density at radius 1 is 0.811 bits per heavy atom. The van der Waals surface area contributed by atoms with Gasteiger partial charge in [-0.1, -0.05) is 90.4 Å². The van der Waals surface area contributed by atoms with E-state index in [0.29, 0.717) is 0 Å². The first-order chi connectivity index (χ1) is 17.9. The fraction of sp³-hybridized carbons (Fsp3) is 0.303. The molecule has 0 spiro atoms. The van der Waals surface area contributed by atoms with E-state index < -0.39 is 0 Å². The number of aldehydes is 1. The molecule has 4 aromatic carbocycles. The van der Waals surface area contributed by atoms with E-state index >= 15 is 0 Å². The lowest BCUT2D eigenvalue weighted by Gasteiger charge is -2.59. The smallest absolute Gasteiger partial charge is 0.128 e. The van der Waals surface area contributed by atoms with Gasteiger partial charge in [-0.3, -0.25) is 0 Å². The van der Waals surface area contributed by atoms with Crippen molar-refractivity contribution in [3.05, 3.63) is 107 Å². The number of rotatable bonds is 4. The van der Waals surface area contributed by atoms with Crippen LogP contribution in [-0.4, -0.2) is 18.9 Å². The zero-order valence-electron chi connectivity index (χ0n) is 21.4. The number of halogens is 1. The average molecular weight is 554 g/mol. The molecular formula is C33H33BrN2O. The van der Waals surface area contributed by atoms with Crippen LogP contribution in [0.15, 0.2) is 102 Å². The van der Waals surface area contributed by atoms with Gasteiger partial charge in [0.25, 0.3) is 0 Å². The van der Waals surface area contributed by atoms with Crippen LogP contribution >= 0.6 is 15.9 Å². The molecule has 0 bridgehead atoms. The number of hydrogen-bond acceptors (Lipinski definition) is 3. The second-order valence-corrected chi connectivity index (χ2v) is 12.4. The highest BCUT2D eigenvalue weighted by Gasteiger charge is 2.50. The Hall–Kier alpha value is -3.11. The van der Waals surface area contributed by atoms with Gasteiger partial charge in [0.05, 0.1) is 0 Å². The first-order valence-corrected chi connectivity index (χ1v) is 14.0. The lowest BCUT2D eigenvalue weighted by atomic mass is 9.63. The standard InChI is InChI=1S/C33H33BrN2O/c1-33(2)19-26(22-37)30-21-35(29-17-14-23-8-6-7-9-25(23)18-29)32(24-12-15-27(34)16-13-24)36(31(30)20-33)28-10-4-3-5-11-28/h3-18,22,26,30-32H,19-21H2,1-2H3. The van der Waals surface area contributed by atoms with Crippen LogP contribution in [0.25, 0.3) is 10.8 Å². The molecule has 4 aromatic rings. The van der Waals surface area contributed by atoms with E-state index in [4.69, 9.17) is 0 Å². The quantitative estimate of drug-likeness (QED) is 0.238. The highest BCUT2D eigenvalue weighted by molar-refractivity contribution is 9.10. The van der Waals surface area contributed by atoms with E-state index in [9.17, 15) is 4.79 Å². The molecule has 1 saturated heterocycles. The summed E-state index contributed by atoms with van der Waals surface area (Å²) in [4.78, 5) is 17.7. The summed E-state index contributed by atoms with van der Waals surface area (Å²) in [6.07, 6.45) is 3.25. The van der Waals surface area contributed by atoms with E-state index in [2.05, 4.69) is 137 Å². The normalized spacial score (nSPS) is 25.1. The van der Waals surface area contributed by atoms with Crippen molar-refractivity contribution in [2.24, 2.45) is 17.3 Å². The van der Waals surface area contributed by atoms with Crippen LogP contribution in [-0.2, 0) is 4.79 Å². The molecule has 0 N–H and O–H groups in total. The van der Waals surface area contributed by atoms with Crippen molar-refractivity contribution in [2.75, 3.05) is 16.3 Å². The topological polar surface area (TPSA) is 23.6 Å². The SMILES string of the molecule is CC1(C)CC(C=O)C2CN(c3ccc4ccccc4c3)C(c3ccc(Br)cc3)N(c3ccccc3)C2C1. The number of hydrogen-bond donors (Lipinski definition) is 0. The molecular weight excluding hydrogens is 520 g/mol. The summed E-state index contributed by atoms with van der Waals surface area (Å²) in [6, 6.07) is 35.2. The maximum atomic E-state index is 12.5. The van der Waals surface area contributed by atoms with Gasteiger partial charge >= 0.3 is 0 Å². The second kappa shape index (κ2) is 9.64. The molecule has 0 amide bonds. The molecule has 1 heterocycles. The molecule has 1 aliphatic carbocycles. The van der Waals surface area contributed by atoms with Gasteiger partial charge in [-0.15, -0.1) is 0 Å². The van der Waals surface area contributed by atoms with Crippen molar-refractivity contribution in [2.45, 2.75) is 38.9 Å². The number of para-hydroxylation sites is 1. The lowest BCUT2D eigenvalue weighted by Crippen LogP contribution is -2.62. The maximum Gasteiger partial charge on any atom is 0.128 e. The number of benzene rings is 4. The zero-order valence-corrected chi connectivity index (χ0v) is 23.0. The first kappa shape index (κ1) is 24.2. The molecule has 0 radical (unpaired) electrons.